The van der Waals surface area contributed by atoms with E-state index in [1.54, 1.807) is 39.1 Å². The summed E-state index contributed by atoms with van der Waals surface area (Å²) in [5.74, 6) is -2.36. The first-order valence-corrected chi connectivity index (χ1v) is 10.8. The summed E-state index contributed by atoms with van der Waals surface area (Å²) in [5.41, 5.74) is 1.34. The van der Waals surface area contributed by atoms with Crippen molar-refractivity contribution >= 4 is 52.6 Å². The standard InChI is InChI=1S/C23H21Cl3F3NO2/c1-4-21(32)30(3)12-20(31)16-7-5-14(9-13(16)2)6-8-17(23(27,28)29)15-10-18(24)22(26)19(25)11-15/h5-11,17H,4,12H2,1-3H3/b8-6+. The van der Waals surface area contributed by atoms with Crippen LogP contribution in [0.4, 0.5) is 13.2 Å². The molecule has 2 aromatic rings. The number of nitrogens with zero attached hydrogens (tertiary/aromatic N) is 1. The molecule has 0 heterocycles. The Morgan fingerprint density at radius 3 is 2.19 bits per heavy atom. The highest BCUT2D eigenvalue weighted by atomic mass is 35.5. The number of hydrogen-bond donors (Lipinski definition) is 0. The van der Waals surface area contributed by atoms with Crippen LogP contribution < -0.4 is 0 Å². The molecule has 172 valence electrons. The number of allylic oxidation sites excluding steroid dienone is 1. The molecule has 0 bridgehead atoms. The monoisotopic (exact) mass is 505 g/mol. The molecule has 0 aliphatic rings. The summed E-state index contributed by atoms with van der Waals surface area (Å²) in [7, 11) is 1.54. The lowest BCUT2D eigenvalue weighted by Crippen LogP contribution is -2.31. The zero-order chi connectivity index (χ0) is 24.2. The Hall–Kier alpha value is -2.02. The van der Waals surface area contributed by atoms with Crippen LogP contribution in [-0.2, 0) is 4.79 Å². The number of halogens is 6. The summed E-state index contributed by atoms with van der Waals surface area (Å²) >= 11 is 17.6. The molecule has 0 aromatic heterocycles. The summed E-state index contributed by atoms with van der Waals surface area (Å²) < 4.78 is 41.1. The molecule has 0 fully saturated rings. The maximum Gasteiger partial charge on any atom is 0.399 e. The molecule has 0 aliphatic heterocycles. The Labute approximate surface area is 199 Å². The zero-order valence-corrected chi connectivity index (χ0v) is 19.8. The van der Waals surface area contributed by atoms with Crippen LogP contribution >= 0.6 is 34.8 Å². The first kappa shape index (κ1) is 26.2. The predicted octanol–water partition coefficient (Wildman–Crippen LogP) is 7.37. The van der Waals surface area contributed by atoms with Crippen LogP contribution in [0.2, 0.25) is 15.1 Å². The summed E-state index contributed by atoms with van der Waals surface area (Å²) in [5, 5.41) is -0.145. The highest BCUT2D eigenvalue weighted by molar-refractivity contribution is 6.48. The Bertz CT molecular complexity index is 1030. The summed E-state index contributed by atoms with van der Waals surface area (Å²) in [6.45, 7) is 3.32. The molecule has 1 atom stereocenters. The second-order valence-corrected chi connectivity index (χ2v) is 8.47. The SMILES string of the molecule is CCC(=O)N(C)CC(=O)c1ccc(/C=C/C(c2cc(Cl)c(Cl)c(Cl)c2)C(F)(F)F)cc1C. The van der Waals surface area contributed by atoms with Crippen molar-refractivity contribution in [2.45, 2.75) is 32.4 Å². The molecular weight excluding hydrogens is 486 g/mol. The van der Waals surface area contributed by atoms with Gasteiger partial charge in [0.25, 0.3) is 0 Å². The van der Waals surface area contributed by atoms with Crippen LogP contribution in [0.15, 0.2) is 36.4 Å². The third kappa shape index (κ3) is 6.50. The number of ketones is 1. The van der Waals surface area contributed by atoms with E-state index >= 15 is 0 Å². The fraction of sp³-hybridized carbons (Fsp3) is 0.304. The number of hydrogen-bond acceptors (Lipinski definition) is 2. The Kier molecular flexibility index (Phi) is 8.80. The lowest BCUT2D eigenvalue weighted by Gasteiger charge is -2.18. The summed E-state index contributed by atoms with van der Waals surface area (Å²) in [4.78, 5) is 25.5. The van der Waals surface area contributed by atoms with Gasteiger partial charge in [-0.25, -0.2) is 0 Å². The van der Waals surface area contributed by atoms with Gasteiger partial charge >= 0.3 is 6.18 Å². The lowest BCUT2D eigenvalue weighted by atomic mass is 9.96. The molecule has 0 saturated heterocycles. The van der Waals surface area contributed by atoms with Crippen molar-refractivity contribution in [2.24, 2.45) is 0 Å². The first-order chi connectivity index (χ1) is 14.8. The van der Waals surface area contributed by atoms with Crippen molar-refractivity contribution in [3.63, 3.8) is 0 Å². The van der Waals surface area contributed by atoms with Crippen molar-refractivity contribution in [1.29, 1.82) is 0 Å². The van der Waals surface area contributed by atoms with Gasteiger partial charge in [-0.2, -0.15) is 13.2 Å². The van der Waals surface area contributed by atoms with Gasteiger partial charge in [-0.3, -0.25) is 9.59 Å². The minimum Gasteiger partial charge on any atom is -0.338 e. The normalized spacial score (nSPS) is 12.8. The van der Waals surface area contributed by atoms with Gasteiger partial charge in [0, 0.05) is 19.0 Å². The third-order valence-corrected chi connectivity index (χ3v) is 6.06. The second kappa shape index (κ2) is 10.7. The molecule has 2 aromatic carbocycles. The molecule has 0 saturated carbocycles. The van der Waals surface area contributed by atoms with E-state index in [9.17, 15) is 22.8 Å². The maximum atomic E-state index is 13.7. The molecule has 3 nitrogen and oxygen atoms in total. The van der Waals surface area contributed by atoms with Crippen molar-refractivity contribution in [3.8, 4) is 0 Å². The maximum absolute atomic E-state index is 13.7. The quantitative estimate of drug-likeness (QED) is 0.290. The van der Waals surface area contributed by atoms with Crippen molar-refractivity contribution in [2.75, 3.05) is 13.6 Å². The van der Waals surface area contributed by atoms with Gasteiger partial charge < -0.3 is 4.90 Å². The molecule has 1 amide bonds. The van der Waals surface area contributed by atoms with Gasteiger partial charge in [0.1, 0.15) is 0 Å². The zero-order valence-electron chi connectivity index (χ0n) is 17.6. The minimum absolute atomic E-state index is 0.0100. The van der Waals surface area contributed by atoms with Crippen molar-refractivity contribution in [3.05, 3.63) is 73.7 Å². The van der Waals surface area contributed by atoms with Gasteiger partial charge in [0.2, 0.25) is 5.91 Å². The number of rotatable bonds is 7. The smallest absolute Gasteiger partial charge is 0.338 e. The van der Waals surface area contributed by atoms with Gasteiger partial charge in [0.05, 0.1) is 27.5 Å². The molecule has 0 spiro atoms. The van der Waals surface area contributed by atoms with E-state index in [4.69, 9.17) is 34.8 Å². The van der Waals surface area contributed by atoms with Crippen molar-refractivity contribution < 1.29 is 22.8 Å². The van der Waals surface area contributed by atoms with E-state index < -0.39 is 12.1 Å². The third-order valence-electron chi connectivity index (χ3n) is 4.86. The Morgan fingerprint density at radius 2 is 1.69 bits per heavy atom. The average molecular weight is 507 g/mol. The molecular formula is C23H21Cl3F3NO2. The van der Waals surface area contributed by atoms with E-state index in [1.165, 1.54) is 11.0 Å². The summed E-state index contributed by atoms with van der Waals surface area (Å²) in [6.07, 6.45) is -1.97. The van der Waals surface area contributed by atoms with Crippen LogP contribution in [0, 0.1) is 6.92 Å². The first-order valence-electron chi connectivity index (χ1n) is 9.62. The number of likely N-dealkylation sites (N-methyl/N-ethyl adjacent to an activating group) is 1. The van der Waals surface area contributed by atoms with E-state index in [2.05, 4.69) is 0 Å². The van der Waals surface area contributed by atoms with Crippen LogP contribution in [0.25, 0.3) is 6.08 Å². The van der Waals surface area contributed by atoms with Gasteiger partial charge in [0.15, 0.2) is 5.78 Å². The number of carbonyl (C=O) groups is 2. The second-order valence-electron chi connectivity index (χ2n) is 7.28. The predicted molar refractivity (Wildman–Crippen MR) is 123 cm³/mol. The molecule has 2 rings (SSSR count). The number of Topliss-reactive ketones (excluding diaryl/α,β-unsaturated/α-hetero) is 1. The molecule has 1 unspecified atom stereocenters. The number of amides is 1. The summed E-state index contributed by atoms with van der Waals surface area (Å²) in [6, 6.07) is 6.98. The van der Waals surface area contributed by atoms with Gasteiger partial charge in [-0.15, -0.1) is 0 Å². The van der Waals surface area contributed by atoms with Crippen LogP contribution in [0.5, 0.6) is 0 Å². The molecule has 32 heavy (non-hydrogen) atoms. The number of aryl methyl sites for hydroxylation is 1. The molecule has 9 heteroatoms. The van der Waals surface area contributed by atoms with Crippen LogP contribution in [0.3, 0.4) is 0 Å². The molecule has 0 radical (unpaired) electrons. The fourth-order valence-electron chi connectivity index (χ4n) is 3.13. The van der Waals surface area contributed by atoms with E-state index in [-0.39, 0.29) is 45.3 Å². The highest BCUT2D eigenvalue weighted by Crippen LogP contribution is 2.41. The van der Waals surface area contributed by atoms with Gasteiger partial charge in [-0.1, -0.05) is 72.1 Å². The van der Waals surface area contributed by atoms with E-state index in [0.29, 0.717) is 16.7 Å². The van der Waals surface area contributed by atoms with E-state index in [0.717, 1.165) is 18.2 Å². The Balaban J connectivity index is 2.30. The Morgan fingerprint density at radius 1 is 1.09 bits per heavy atom. The topological polar surface area (TPSA) is 37.4 Å². The average Bonchev–Trinajstić information content (AvgIpc) is 2.70. The highest BCUT2D eigenvalue weighted by Gasteiger charge is 2.39. The fourth-order valence-corrected chi connectivity index (χ4v) is 3.75. The number of alkyl halides is 3. The molecule has 0 N–H and O–H groups in total. The number of benzene rings is 2. The van der Waals surface area contributed by atoms with Crippen molar-refractivity contribution in [1.82, 2.24) is 4.90 Å². The largest absolute Gasteiger partial charge is 0.399 e. The van der Waals surface area contributed by atoms with Crippen LogP contribution in [-0.4, -0.2) is 36.4 Å². The molecule has 0 aliphatic carbocycles. The minimum atomic E-state index is -4.58. The van der Waals surface area contributed by atoms with Gasteiger partial charge in [-0.05, 0) is 35.7 Å². The van der Waals surface area contributed by atoms with Crippen LogP contribution in [0.1, 0.15) is 46.3 Å². The lowest BCUT2D eigenvalue weighted by molar-refractivity contribution is -0.139. The number of carbonyl (C=O) groups excluding carboxylic acids is 2. The van der Waals surface area contributed by atoms with E-state index in [1.807, 2.05) is 0 Å².